The summed E-state index contributed by atoms with van der Waals surface area (Å²) in [6.45, 7) is -0.898. The van der Waals surface area contributed by atoms with Crippen molar-refractivity contribution in [1.29, 1.82) is 5.26 Å². The molecule has 3 aromatic rings. The standard InChI is InChI=1S/C23H21N3O6S2/c1-26(34(29,30)23-3-2-14-33-23)19-8-10-20(11-9-19)31-16-22(28)32-15-21(27)25-18-6-4-17(5-7-18)12-13-24/h2-11,14H,12,15-16H2,1H3,(H,25,27). The highest BCUT2D eigenvalue weighted by Gasteiger charge is 2.22. The van der Waals surface area contributed by atoms with Gasteiger partial charge in [0.2, 0.25) is 0 Å². The van der Waals surface area contributed by atoms with Crippen LogP contribution in [0.5, 0.6) is 5.75 Å². The van der Waals surface area contributed by atoms with Crippen molar-refractivity contribution in [2.45, 2.75) is 10.6 Å². The number of hydrogen-bond acceptors (Lipinski definition) is 8. The molecule has 9 nitrogen and oxygen atoms in total. The molecule has 2 aromatic carbocycles. The first-order valence-electron chi connectivity index (χ1n) is 9.96. The topological polar surface area (TPSA) is 126 Å². The number of sulfonamides is 1. The summed E-state index contributed by atoms with van der Waals surface area (Å²) in [4.78, 5) is 23.8. The van der Waals surface area contributed by atoms with Gasteiger partial charge in [-0.1, -0.05) is 18.2 Å². The Bertz CT molecular complexity index is 1270. The fourth-order valence-corrected chi connectivity index (χ4v) is 5.12. The van der Waals surface area contributed by atoms with Crippen molar-refractivity contribution in [3.05, 3.63) is 71.6 Å². The molecule has 1 amide bonds. The van der Waals surface area contributed by atoms with E-state index >= 15 is 0 Å². The van der Waals surface area contributed by atoms with E-state index in [9.17, 15) is 18.0 Å². The zero-order valence-electron chi connectivity index (χ0n) is 18.1. The molecular weight excluding hydrogens is 478 g/mol. The molecule has 3 rings (SSSR count). The van der Waals surface area contributed by atoms with Gasteiger partial charge >= 0.3 is 5.97 Å². The highest BCUT2D eigenvalue weighted by atomic mass is 32.2. The number of benzene rings is 2. The number of nitriles is 1. The third-order valence-corrected chi connectivity index (χ3v) is 7.71. The molecule has 0 saturated carbocycles. The van der Waals surface area contributed by atoms with E-state index in [1.54, 1.807) is 47.8 Å². The summed E-state index contributed by atoms with van der Waals surface area (Å²) >= 11 is 1.13. The number of nitrogens with one attached hydrogen (secondary N) is 1. The summed E-state index contributed by atoms with van der Waals surface area (Å²) in [7, 11) is -2.19. The SMILES string of the molecule is CN(c1ccc(OCC(=O)OCC(=O)Nc2ccc(CC#N)cc2)cc1)S(=O)(=O)c1cccs1. The monoisotopic (exact) mass is 499 g/mol. The first-order valence-corrected chi connectivity index (χ1v) is 12.3. The first-order chi connectivity index (χ1) is 16.3. The van der Waals surface area contributed by atoms with E-state index in [1.165, 1.54) is 25.2 Å². The highest BCUT2D eigenvalue weighted by Crippen LogP contribution is 2.26. The van der Waals surface area contributed by atoms with E-state index in [1.807, 2.05) is 6.07 Å². The Morgan fingerprint density at radius 2 is 1.76 bits per heavy atom. The van der Waals surface area contributed by atoms with Crippen LogP contribution in [0, 0.1) is 11.3 Å². The molecule has 0 radical (unpaired) electrons. The lowest BCUT2D eigenvalue weighted by Crippen LogP contribution is -2.25. The summed E-state index contributed by atoms with van der Waals surface area (Å²) in [5.74, 6) is -0.911. The van der Waals surface area contributed by atoms with Crippen LogP contribution in [0.3, 0.4) is 0 Å². The van der Waals surface area contributed by atoms with Gasteiger partial charge in [-0.15, -0.1) is 11.3 Å². The largest absolute Gasteiger partial charge is 0.482 e. The lowest BCUT2D eigenvalue weighted by atomic mass is 10.1. The highest BCUT2D eigenvalue weighted by molar-refractivity contribution is 7.94. The number of hydrogen-bond donors (Lipinski definition) is 1. The molecule has 0 atom stereocenters. The number of ether oxygens (including phenoxy) is 2. The Labute approximate surface area is 201 Å². The summed E-state index contributed by atoms with van der Waals surface area (Å²) in [6.07, 6.45) is 0.277. The molecule has 0 spiro atoms. The Morgan fingerprint density at radius 1 is 1.06 bits per heavy atom. The van der Waals surface area contributed by atoms with E-state index in [4.69, 9.17) is 14.7 Å². The maximum atomic E-state index is 12.6. The predicted molar refractivity (Wildman–Crippen MR) is 127 cm³/mol. The van der Waals surface area contributed by atoms with Gasteiger partial charge in [0.05, 0.1) is 18.2 Å². The molecule has 0 aliphatic carbocycles. The maximum Gasteiger partial charge on any atom is 0.344 e. The first kappa shape index (κ1) is 24.8. The van der Waals surface area contributed by atoms with Crippen LogP contribution in [0.25, 0.3) is 0 Å². The summed E-state index contributed by atoms with van der Waals surface area (Å²) in [6, 6.07) is 18.2. The molecule has 0 unspecified atom stereocenters. The van der Waals surface area contributed by atoms with Crippen LogP contribution in [0.15, 0.2) is 70.3 Å². The van der Waals surface area contributed by atoms with E-state index in [-0.39, 0.29) is 10.6 Å². The van der Waals surface area contributed by atoms with Crippen LogP contribution in [0.2, 0.25) is 0 Å². The van der Waals surface area contributed by atoms with E-state index < -0.39 is 35.1 Å². The summed E-state index contributed by atoms with van der Waals surface area (Å²) in [5.41, 5.74) is 1.78. The van der Waals surface area contributed by atoms with Gasteiger partial charge in [-0.05, 0) is 53.4 Å². The van der Waals surface area contributed by atoms with Gasteiger partial charge in [-0.25, -0.2) is 13.2 Å². The van der Waals surface area contributed by atoms with Crippen LogP contribution in [0.4, 0.5) is 11.4 Å². The Morgan fingerprint density at radius 3 is 2.38 bits per heavy atom. The van der Waals surface area contributed by atoms with Gasteiger partial charge in [-0.3, -0.25) is 9.10 Å². The van der Waals surface area contributed by atoms with Crippen molar-refractivity contribution in [1.82, 2.24) is 0 Å². The molecule has 1 aromatic heterocycles. The molecule has 0 saturated heterocycles. The van der Waals surface area contributed by atoms with Crippen LogP contribution in [-0.2, 0) is 30.8 Å². The van der Waals surface area contributed by atoms with Gasteiger partial charge in [0.25, 0.3) is 15.9 Å². The minimum atomic E-state index is -3.64. The van der Waals surface area contributed by atoms with Crippen molar-refractivity contribution in [2.24, 2.45) is 0 Å². The molecule has 1 N–H and O–H groups in total. The Balaban J connectivity index is 1.44. The van der Waals surface area contributed by atoms with Crippen molar-refractivity contribution in [3.63, 3.8) is 0 Å². The molecule has 34 heavy (non-hydrogen) atoms. The number of anilines is 2. The van der Waals surface area contributed by atoms with Crippen LogP contribution < -0.4 is 14.4 Å². The molecule has 0 aliphatic heterocycles. The molecule has 0 bridgehead atoms. The summed E-state index contributed by atoms with van der Waals surface area (Å²) in [5, 5.41) is 12.9. The molecule has 0 fully saturated rings. The van der Waals surface area contributed by atoms with E-state index in [2.05, 4.69) is 5.32 Å². The summed E-state index contributed by atoms with van der Waals surface area (Å²) < 4.78 is 36.8. The smallest absolute Gasteiger partial charge is 0.344 e. The van der Waals surface area contributed by atoms with Gasteiger partial charge < -0.3 is 14.8 Å². The minimum Gasteiger partial charge on any atom is -0.482 e. The second-order valence-corrected chi connectivity index (χ2v) is 10.1. The molecule has 0 aliphatic rings. The Hall–Kier alpha value is -3.88. The number of esters is 1. The third-order valence-electron chi connectivity index (χ3n) is 4.55. The molecule has 11 heteroatoms. The van der Waals surface area contributed by atoms with Crippen molar-refractivity contribution in [3.8, 4) is 11.8 Å². The van der Waals surface area contributed by atoms with Crippen molar-refractivity contribution < 1.29 is 27.5 Å². The predicted octanol–water partition coefficient (Wildman–Crippen LogP) is 3.20. The van der Waals surface area contributed by atoms with Crippen molar-refractivity contribution >= 4 is 44.6 Å². The number of carbonyl (C=O) groups is 2. The molecule has 176 valence electrons. The number of rotatable bonds is 10. The van der Waals surface area contributed by atoms with Crippen LogP contribution >= 0.6 is 11.3 Å². The zero-order chi connectivity index (χ0) is 24.6. The molecular formula is C23H21N3O6S2. The third kappa shape index (κ3) is 6.57. The second kappa shape index (κ2) is 11.3. The van der Waals surface area contributed by atoms with Gasteiger partial charge in [0.15, 0.2) is 13.2 Å². The van der Waals surface area contributed by atoms with Crippen molar-refractivity contribution in [2.75, 3.05) is 29.9 Å². The lowest BCUT2D eigenvalue weighted by Gasteiger charge is -2.18. The van der Waals surface area contributed by atoms with Gasteiger partial charge in [0.1, 0.15) is 9.96 Å². The van der Waals surface area contributed by atoms with E-state index in [0.717, 1.165) is 21.2 Å². The normalized spacial score (nSPS) is 10.7. The Kier molecular flexibility index (Phi) is 8.24. The van der Waals surface area contributed by atoms with Crippen LogP contribution in [-0.4, -0.2) is 40.6 Å². The molecule has 1 heterocycles. The number of amides is 1. The fourth-order valence-electron chi connectivity index (χ4n) is 2.76. The quantitative estimate of drug-likeness (QED) is 0.425. The fraction of sp³-hybridized carbons (Fsp3) is 0.174. The van der Waals surface area contributed by atoms with E-state index in [0.29, 0.717) is 17.1 Å². The number of nitrogens with zero attached hydrogens (tertiary/aromatic N) is 2. The zero-order valence-corrected chi connectivity index (χ0v) is 19.8. The minimum absolute atomic E-state index is 0.234. The maximum absolute atomic E-state index is 12.6. The van der Waals surface area contributed by atoms with Crippen LogP contribution in [0.1, 0.15) is 5.56 Å². The average molecular weight is 500 g/mol. The average Bonchev–Trinajstić information content (AvgIpc) is 3.39. The number of thiophene rings is 1. The number of carbonyl (C=O) groups excluding carboxylic acids is 2. The second-order valence-electron chi connectivity index (χ2n) is 6.93. The van der Waals surface area contributed by atoms with Gasteiger partial charge in [0, 0.05) is 12.7 Å². The van der Waals surface area contributed by atoms with Gasteiger partial charge in [-0.2, -0.15) is 5.26 Å². The lowest BCUT2D eigenvalue weighted by molar-refractivity contribution is -0.149.